The summed E-state index contributed by atoms with van der Waals surface area (Å²) in [7, 11) is 1.44. The summed E-state index contributed by atoms with van der Waals surface area (Å²) >= 11 is 0. The van der Waals surface area contributed by atoms with E-state index in [1.54, 1.807) is 39.8 Å². The minimum absolute atomic E-state index is 0.0639. The van der Waals surface area contributed by atoms with Crippen LogP contribution >= 0.6 is 0 Å². The summed E-state index contributed by atoms with van der Waals surface area (Å²) in [4.78, 5) is 52.4. The van der Waals surface area contributed by atoms with Gasteiger partial charge in [-0.15, -0.1) is 0 Å². The van der Waals surface area contributed by atoms with Crippen molar-refractivity contribution in [3.05, 3.63) is 63.6 Å². The number of aliphatic hydroxyl groups excluding tert-OH is 2. The normalized spacial score (nSPS) is 32.3. The lowest BCUT2D eigenvalue weighted by Gasteiger charge is -2.38. The number of allylic oxidation sites excluding steroid dienone is 2. The number of phenols is 1. The van der Waals surface area contributed by atoms with Gasteiger partial charge in [0, 0.05) is 61.8 Å². The van der Waals surface area contributed by atoms with Crippen LogP contribution < -0.4 is 15.5 Å². The monoisotopic (exact) mass is 683 g/mol. The van der Waals surface area contributed by atoms with Crippen molar-refractivity contribution in [1.82, 2.24) is 0 Å². The summed E-state index contributed by atoms with van der Waals surface area (Å²) in [5.41, 5.74) is -0.847. The number of hydrogen-bond acceptors (Lipinski definition) is 12. The number of ether oxygens (including phenoxy) is 4. The Morgan fingerprint density at radius 2 is 1.67 bits per heavy atom. The quantitative estimate of drug-likeness (QED) is 0.329. The Hall–Kier alpha value is -4.46. The summed E-state index contributed by atoms with van der Waals surface area (Å²) in [6.07, 6.45) is 3.71. The number of esters is 1. The lowest BCUT2D eigenvalue weighted by Crippen LogP contribution is -2.46. The number of carbonyl (C=O) groups is 3. The van der Waals surface area contributed by atoms with Gasteiger partial charge in [0.2, 0.25) is 5.88 Å². The van der Waals surface area contributed by atoms with Crippen LogP contribution in [0, 0.1) is 30.6 Å². The highest BCUT2D eigenvalue weighted by Gasteiger charge is 2.49. The van der Waals surface area contributed by atoms with Gasteiger partial charge in [-0.05, 0) is 19.9 Å². The minimum Gasteiger partial charge on any atom is -0.504 e. The number of methoxy groups -OCH3 is 1. The van der Waals surface area contributed by atoms with Crippen molar-refractivity contribution < 1.29 is 53.1 Å². The predicted molar refractivity (Wildman–Crippen MR) is 179 cm³/mol. The van der Waals surface area contributed by atoms with Crippen LogP contribution in [0.25, 0.3) is 11.0 Å². The first-order valence-electron chi connectivity index (χ1n) is 16.1. The Labute approximate surface area is 284 Å². The molecule has 0 saturated carbocycles. The molecule has 9 atom stereocenters. The summed E-state index contributed by atoms with van der Waals surface area (Å²) in [5.74, 6) is -7.00. The molecule has 13 heteroatoms. The molecule has 266 valence electrons. The number of aliphatic hydroxyl groups is 2. The second-order valence-corrected chi connectivity index (χ2v) is 13.1. The SMILES string of the molecule is CO[C@H]1C=CO[C@@]2(C)Oc3c(C)c(O)c4oc(cc(=O)c4c3C2=O)NC(=O)/C(C)=C\C=C[C@H](C)[C@H](O)[C@@H](C)[C@@H](O)[C@@H](C)[C@H](OC(C)=O)[C@@H]1C. The first-order chi connectivity index (χ1) is 22.9. The fourth-order valence-corrected chi connectivity index (χ4v) is 6.34. The highest BCUT2D eigenvalue weighted by atomic mass is 16.7. The molecule has 5 bridgehead atoms. The van der Waals surface area contributed by atoms with Crippen LogP contribution in [0.4, 0.5) is 5.88 Å². The number of phenolic OH excluding ortho intramolecular Hbond substituents is 1. The number of benzene rings is 1. The number of carbonyl (C=O) groups excluding carboxylic acids is 3. The molecule has 3 aliphatic heterocycles. The molecule has 1 aromatic carbocycles. The van der Waals surface area contributed by atoms with Crippen molar-refractivity contribution in [1.29, 1.82) is 0 Å². The van der Waals surface area contributed by atoms with Crippen molar-refractivity contribution in [3.8, 4) is 11.5 Å². The zero-order chi connectivity index (χ0) is 36.5. The first-order valence-corrected chi connectivity index (χ1v) is 16.1. The fraction of sp³-hybridized carbons (Fsp3) is 0.500. The van der Waals surface area contributed by atoms with Crippen LogP contribution in [0.5, 0.6) is 11.5 Å². The standard InChI is InChI=1S/C36H45NO12/c1-16-11-10-12-17(2)35(44)37-25-15-23(39)26-27-32(21(6)30(42)33(26)48-25)49-36(8,34(27)43)46-14-13-24(45-9)18(3)31(47-22(7)38)20(5)29(41)19(4)28(16)40/h10-16,18-20,24,28-29,31,40-42H,1-9H3,(H,37,44)/b11-10?,14-13?,17-12-/t16-,18+,19+,20+,24-,28-,29+,31+,36-/m0/s1. The summed E-state index contributed by atoms with van der Waals surface area (Å²) in [6, 6.07) is 0.997. The number of anilines is 1. The van der Waals surface area contributed by atoms with Gasteiger partial charge in [-0.1, -0.05) is 45.9 Å². The first kappa shape index (κ1) is 37.4. The van der Waals surface area contributed by atoms with Gasteiger partial charge in [0.15, 0.2) is 16.8 Å². The van der Waals surface area contributed by atoms with Crippen LogP contribution in [0.1, 0.15) is 64.4 Å². The summed E-state index contributed by atoms with van der Waals surface area (Å²) in [6.45, 7) is 12.5. The maximum atomic E-state index is 13.8. The van der Waals surface area contributed by atoms with E-state index in [1.165, 1.54) is 53.2 Å². The van der Waals surface area contributed by atoms with E-state index in [1.807, 2.05) is 0 Å². The third-order valence-electron chi connectivity index (χ3n) is 9.47. The van der Waals surface area contributed by atoms with Gasteiger partial charge in [-0.2, -0.15) is 0 Å². The molecule has 4 heterocycles. The number of hydrogen-bond donors (Lipinski definition) is 4. The third kappa shape index (κ3) is 7.29. The molecular weight excluding hydrogens is 638 g/mol. The molecular formula is C36H45NO12. The summed E-state index contributed by atoms with van der Waals surface area (Å²) < 4.78 is 28.9. The largest absolute Gasteiger partial charge is 0.504 e. The van der Waals surface area contributed by atoms with Crippen molar-refractivity contribution >= 4 is 34.5 Å². The van der Waals surface area contributed by atoms with Crippen LogP contribution in [-0.2, 0) is 23.8 Å². The van der Waals surface area contributed by atoms with Crippen LogP contribution in [0.2, 0.25) is 0 Å². The molecule has 4 N–H and O–H groups in total. The van der Waals surface area contributed by atoms with E-state index >= 15 is 0 Å². The average molecular weight is 684 g/mol. The van der Waals surface area contributed by atoms with E-state index in [2.05, 4.69) is 5.32 Å². The Morgan fingerprint density at radius 3 is 2.31 bits per heavy atom. The molecule has 1 aromatic heterocycles. The van der Waals surface area contributed by atoms with E-state index < -0.39 is 82.7 Å². The van der Waals surface area contributed by atoms with Crippen molar-refractivity contribution in [2.45, 2.75) is 85.6 Å². The average Bonchev–Trinajstić information content (AvgIpc) is 3.31. The lowest BCUT2D eigenvalue weighted by molar-refractivity contribution is -0.160. The predicted octanol–water partition coefficient (Wildman–Crippen LogP) is 4.30. The highest BCUT2D eigenvalue weighted by molar-refractivity contribution is 6.16. The van der Waals surface area contributed by atoms with E-state index in [-0.39, 0.29) is 39.3 Å². The Kier molecular flexibility index (Phi) is 11.1. The van der Waals surface area contributed by atoms with Gasteiger partial charge in [-0.25, -0.2) is 0 Å². The van der Waals surface area contributed by atoms with Crippen molar-refractivity contribution in [2.75, 3.05) is 12.4 Å². The second kappa shape index (κ2) is 14.6. The van der Waals surface area contributed by atoms with Crippen LogP contribution in [-0.4, -0.2) is 70.3 Å². The second-order valence-electron chi connectivity index (χ2n) is 13.1. The number of ketones is 1. The molecule has 1 amide bonds. The number of aromatic hydroxyl groups is 1. The smallest absolute Gasteiger partial charge is 0.312 e. The fourth-order valence-electron chi connectivity index (χ4n) is 6.34. The molecule has 0 fully saturated rings. The Morgan fingerprint density at radius 1 is 1.00 bits per heavy atom. The van der Waals surface area contributed by atoms with E-state index in [9.17, 15) is 34.5 Å². The lowest BCUT2D eigenvalue weighted by atomic mass is 9.78. The number of rotatable bonds is 2. The van der Waals surface area contributed by atoms with E-state index in [0.717, 1.165) is 6.07 Å². The zero-order valence-electron chi connectivity index (χ0n) is 29.1. The molecule has 13 nitrogen and oxygen atoms in total. The van der Waals surface area contributed by atoms with Crippen LogP contribution in [0.15, 0.2) is 51.4 Å². The van der Waals surface area contributed by atoms with Gasteiger partial charge in [0.25, 0.3) is 11.7 Å². The number of fused-ring (bicyclic) bond motifs is 14. The molecule has 0 saturated heterocycles. The van der Waals surface area contributed by atoms with Gasteiger partial charge >= 0.3 is 11.8 Å². The minimum atomic E-state index is -1.96. The molecule has 5 rings (SSSR count). The number of Topliss-reactive ketones (excluding diaryl/α,β-unsaturated/α-hetero) is 1. The topological polar surface area (TPSA) is 191 Å². The van der Waals surface area contributed by atoms with Gasteiger partial charge in [0.05, 0.1) is 35.5 Å². The molecule has 0 unspecified atom stereocenters. The van der Waals surface area contributed by atoms with Crippen LogP contribution in [0.3, 0.4) is 0 Å². The van der Waals surface area contributed by atoms with Crippen molar-refractivity contribution in [2.24, 2.45) is 23.7 Å². The van der Waals surface area contributed by atoms with E-state index in [4.69, 9.17) is 23.4 Å². The Bertz CT molecular complexity index is 1770. The molecule has 0 aliphatic carbocycles. The maximum Gasteiger partial charge on any atom is 0.312 e. The molecule has 3 aliphatic rings. The molecule has 2 aromatic rings. The molecule has 0 radical (unpaired) electrons. The Balaban J connectivity index is 1.84. The zero-order valence-corrected chi connectivity index (χ0v) is 29.1. The molecule has 49 heavy (non-hydrogen) atoms. The summed E-state index contributed by atoms with van der Waals surface area (Å²) in [5, 5.41) is 35.8. The van der Waals surface area contributed by atoms with Gasteiger partial charge in [-0.3, -0.25) is 24.5 Å². The highest BCUT2D eigenvalue weighted by Crippen LogP contribution is 2.46. The van der Waals surface area contributed by atoms with E-state index in [0.29, 0.717) is 0 Å². The van der Waals surface area contributed by atoms with Gasteiger partial charge in [0.1, 0.15) is 11.9 Å². The maximum absolute atomic E-state index is 13.8. The third-order valence-corrected chi connectivity index (χ3v) is 9.47. The number of amides is 1. The van der Waals surface area contributed by atoms with Gasteiger partial charge < -0.3 is 38.7 Å². The molecule has 0 spiro atoms. The van der Waals surface area contributed by atoms with Crippen molar-refractivity contribution in [3.63, 3.8) is 0 Å². The number of nitrogens with one attached hydrogen (secondary N) is 1.